The van der Waals surface area contributed by atoms with E-state index in [1.807, 2.05) is 11.6 Å². The standard InChI is InChI=1S/C6H10BrN3S/c1-10-5-8-9-6(10)11-4-2-3-7/h5H,2-4H2,1H3. The second kappa shape index (κ2) is 4.77. The van der Waals surface area contributed by atoms with Gasteiger partial charge in [0.1, 0.15) is 6.33 Å². The Morgan fingerprint density at radius 2 is 2.55 bits per heavy atom. The number of rotatable bonds is 4. The van der Waals surface area contributed by atoms with Crippen molar-refractivity contribution >= 4 is 27.7 Å². The Hall–Kier alpha value is -0.0300. The van der Waals surface area contributed by atoms with Crippen LogP contribution in [0.25, 0.3) is 0 Å². The molecule has 0 aliphatic rings. The molecule has 0 atom stereocenters. The van der Waals surface area contributed by atoms with Crippen LogP contribution in [0.15, 0.2) is 11.5 Å². The van der Waals surface area contributed by atoms with Crippen molar-refractivity contribution in [3.8, 4) is 0 Å². The monoisotopic (exact) mass is 235 g/mol. The highest BCUT2D eigenvalue weighted by molar-refractivity contribution is 9.09. The fraction of sp³-hybridized carbons (Fsp3) is 0.667. The maximum absolute atomic E-state index is 3.95. The third-order valence-electron chi connectivity index (χ3n) is 1.18. The van der Waals surface area contributed by atoms with Crippen molar-refractivity contribution in [2.24, 2.45) is 7.05 Å². The van der Waals surface area contributed by atoms with Crippen LogP contribution in [0.5, 0.6) is 0 Å². The number of nitrogens with zero attached hydrogens (tertiary/aromatic N) is 3. The van der Waals surface area contributed by atoms with Crippen LogP contribution in [0.4, 0.5) is 0 Å². The Morgan fingerprint density at radius 1 is 1.73 bits per heavy atom. The molecule has 0 bridgehead atoms. The van der Waals surface area contributed by atoms with E-state index in [9.17, 15) is 0 Å². The van der Waals surface area contributed by atoms with Gasteiger partial charge in [0.25, 0.3) is 0 Å². The van der Waals surface area contributed by atoms with Crippen LogP contribution < -0.4 is 0 Å². The molecule has 0 aliphatic carbocycles. The van der Waals surface area contributed by atoms with Crippen LogP contribution >= 0.6 is 27.7 Å². The third-order valence-corrected chi connectivity index (χ3v) is 2.86. The van der Waals surface area contributed by atoms with Gasteiger partial charge in [-0.1, -0.05) is 27.7 Å². The van der Waals surface area contributed by atoms with Gasteiger partial charge in [0.2, 0.25) is 0 Å². The van der Waals surface area contributed by atoms with Gasteiger partial charge in [-0.25, -0.2) is 0 Å². The molecule has 0 saturated heterocycles. The minimum Gasteiger partial charge on any atom is -0.312 e. The molecule has 0 spiro atoms. The minimum atomic E-state index is 0.992. The molecule has 1 aromatic rings. The average Bonchev–Trinajstić information content (AvgIpc) is 2.37. The van der Waals surface area contributed by atoms with Crippen LogP contribution in [0.3, 0.4) is 0 Å². The summed E-state index contributed by atoms with van der Waals surface area (Å²) in [7, 11) is 1.95. The van der Waals surface area contributed by atoms with Crippen molar-refractivity contribution in [2.75, 3.05) is 11.1 Å². The first-order valence-corrected chi connectivity index (χ1v) is 5.48. The second-order valence-corrected chi connectivity index (χ2v) is 3.97. The average molecular weight is 236 g/mol. The van der Waals surface area contributed by atoms with Crippen molar-refractivity contribution in [3.63, 3.8) is 0 Å². The Labute approximate surface area is 78.7 Å². The highest BCUT2D eigenvalue weighted by Crippen LogP contribution is 2.14. The van der Waals surface area contributed by atoms with Gasteiger partial charge >= 0.3 is 0 Å². The van der Waals surface area contributed by atoms with E-state index in [2.05, 4.69) is 26.1 Å². The highest BCUT2D eigenvalue weighted by Gasteiger charge is 1.98. The van der Waals surface area contributed by atoms with Crippen molar-refractivity contribution in [1.82, 2.24) is 14.8 Å². The van der Waals surface area contributed by atoms with Crippen LogP contribution in [-0.2, 0) is 7.05 Å². The van der Waals surface area contributed by atoms with Crippen LogP contribution in [0, 0.1) is 0 Å². The molecule has 0 fully saturated rings. The van der Waals surface area contributed by atoms with Crippen LogP contribution in [-0.4, -0.2) is 25.8 Å². The van der Waals surface area contributed by atoms with Gasteiger partial charge < -0.3 is 4.57 Å². The van der Waals surface area contributed by atoms with Gasteiger partial charge in [-0.3, -0.25) is 0 Å². The van der Waals surface area contributed by atoms with Gasteiger partial charge in [-0.2, -0.15) is 0 Å². The van der Waals surface area contributed by atoms with E-state index in [0.29, 0.717) is 0 Å². The quantitative estimate of drug-likeness (QED) is 0.453. The van der Waals surface area contributed by atoms with Crippen LogP contribution in [0.1, 0.15) is 6.42 Å². The summed E-state index contributed by atoms with van der Waals surface area (Å²) < 4.78 is 1.93. The molecule has 0 unspecified atom stereocenters. The number of thioether (sulfide) groups is 1. The summed E-state index contributed by atoms with van der Waals surface area (Å²) in [5.74, 6) is 1.10. The zero-order valence-electron chi connectivity index (χ0n) is 6.33. The normalized spacial score (nSPS) is 10.4. The molecule has 0 aromatic carbocycles. The molecule has 3 nitrogen and oxygen atoms in total. The van der Waals surface area contributed by atoms with E-state index in [-0.39, 0.29) is 0 Å². The Morgan fingerprint density at radius 3 is 3.09 bits per heavy atom. The zero-order chi connectivity index (χ0) is 8.10. The molecule has 0 radical (unpaired) electrons. The molecule has 0 amide bonds. The molecule has 0 saturated carbocycles. The summed E-state index contributed by atoms with van der Waals surface area (Å²) in [5.41, 5.74) is 0. The van der Waals surface area contributed by atoms with E-state index in [4.69, 9.17) is 0 Å². The first kappa shape index (κ1) is 9.06. The largest absolute Gasteiger partial charge is 0.312 e. The molecular formula is C6H10BrN3S. The lowest BCUT2D eigenvalue weighted by molar-refractivity contribution is 0.788. The molecule has 1 aromatic heterocycles. The van der Waals surface area contributed by atoms with Crippen LogP contribution in [0.2, 0.25) is 0 Å². The fourth-order valence-corrected chi connectivity index (χ4v) is 2.10. The van der Waals surface area contributed by atoms with E-state index in [0.717, 1.165) is 22.7 Å². The number of hydrogen-bond donors (Lipinski definition) is 0. The fourth-order valence-electron chi connectivity index (χ4n) is 0.621. The molecule has 1 rings (SSSR count). The SMILES string of the molecule is Cn1cnnc1SCCCBr. The zero-order valence-corrected chi connectivity index (χ0v) is 8.73. The Kier molecular flexibility index (Phi) is 3.93. The summed E-state index contributed by atoms with van der Waals surface area (Å²) >= 11 is 5.11. The van der Waals surface area contributed by atoms with Crippen molar-refractivity contribution in [1.29, 1.82) is 0 Å². The molecule has 1 heterocycles. The number of aromatic nitrogens is 3. The summed E-state index contributed by atoms with van der Waals surface area (Å²) in [6.07, 6.45) is 2.88. The van der Waals surface area contributed by atoms with Gasteiger partial charge in [-0.05, 0) is 6.42 Å². The number of aryl methyl sites for hydroxylation is 1. The van der Waals surface area contributed by atoms with E-state index < -0.39 is 0 Å². The topological polar surface area (TPSA) is 30.7 Å². The van der Waals surface area contributed by atoms with Crippen molar-refractivity contribution < 1.29 is 0 Å². The van der Waals surface area contributed by atoms with Crippen molar-refractivity contribution in [2.45, 2.75) is 11.6 Å². The molecule has 0 N–H and O–H groups in total. The second-order valence-electron chi connectivity index (χ2n) is 2.12. The summed E-state index contributed by atoms with van der Waals surface area (Å²) in [6, 6.07) is 0. The summed E-state index contributed by atoms with van der Waals surface area (Å²) in [6.45, 7) is 0. The lowest BCUT2D eigenvalue weighted by atomic mass is 10.6. The van der Waals surface area contributed by atoms with E-state index >= 15 is 0 Å². The summed E-state index contributed by atoms with van der Waals surface area (Å²) in [4.78, 5) is 0. The van der Waals surface area contributed by atoms with E-state index in [1.165, 1.54) is 0 Å². The number of halogens is 1. The molecular weight excluding hydrogens is 226 g/mol. The number of hydrogen-bond acceptors (Lipinski definition) is 3. The molecule has 62 valence electrons. The maximum Gasteiger partial charge on any atom is 0.190 e. The lowest BCUT2D eigenvalue weighted by Crippen LogP contribution is -1.90. The van der Waals surface area contributed by atoms with Gasteiger partial charge in [0.15, 0.2) is 5.16 Å². The van der Waals surface area contributed by atoms with Gasteiger partial charge in [0, 0.05) is 18.1 Å². The Bertz CT molecular complexity index is 213. The third kappa shape index (κ3) is 2.83. The molecule has 11 heavy (non-hydrogen) atoms. The first-order valence-electron chi connectivity index (χ1n) is 3.37. The van der Waals surface area contributed by atoms with E-state index in [1.54, 1.807) is 18.1 Å². The number of alkyl halides is 1. The predicted octanol–water partition coefficient (Wildman–Crippen LogP) is 1.69. The van der Waals surface area contributed by atoms with Gasteiger partial charge in [0.05, 0.1) is 0 Å². The maximum atomic E-state index is 3.95. The Balaban J connectivity index is 2.32. The lowest BCUT2D eigenvalue weighted by Gasteiger charge is -1.96. The first-order chi connectivity index (χ1) is 5.34. The smallest absolute Gasteiger partial charge is 0.190 e. The van der Waals surface area contributed by atoms with Crippen molar-refractivity contribution in [3.05, 3.63) is 6.33 Å². The molecule has 0 aliphatic heterocycles. The minimum absolute atomic E-state index is 0.992. The van der Waals surface area contributed by atoms with Gasteiger partial charge in [-0.15, -0.1) is 10.2 Å². The highest BCUT2D eigenvalue weighted by atomic mass is 79.9. The predicted molar refractivity (Wildman–Crippen MR) is 50.1 cm³/mol. The molecule has 5 heteroatoms. The summed E-state index contributed by atoms with van der Waals surface area (Å²) in [5, 5.41) is 9.77.